The molecule has 1 atom stereocenters. The minimum Gasteiger partial charge on any atom is -0.324 e. The number of aromatic nitrogens is 5. The van der Waals surface area contributed by atoms with E-state index in [0.717, 1.165) is 29.8 Å². The van der Waals surface area contributed by atoms with E-state index in [9.17, 15) is 18.0 Å². The van der Waals surface area contributed by atoms with E-state index in [1.165, 1.54) is 19.6 Å². The molecule has 4 heterocycles. The number of hydrogen-bond donors (Lipinski definition) is 1. The van der Waals surface area contributed by atoms with Crippen LogP contribution in [0.25, 0.3) is 0 Å². The normalized spacial score (nSPS) is 23.7. The number of amides is 2. The molecule has 1 saturated carbocycles. The van der Waals surface area contributed by atoms with Crippen molar-refractivity contribution in [1.29, 1.82) is 0 Å². The summed E-state index contributed by atoms with van der Waals surface area (Å²) < 4.78 is 40.6. The number of H-pyrrole nitrogens is 1. The Hall–Kier alpha value is -2.59. The predicted octanol–water partition coefficient (Wildman–Crippen LogP) is 2.42. The van der Waals surface area contributed by atoms with Gasteiger partial charge in [0.25, 0.3) is 0 Å². The quantitative estimate of drug-likeness (QED) is 0.822. The lowest BCUT2D eigenvalue weighted by Crippen LogP contribution is -2.65. The van der Waals surface area contributed by atoms with Crippen molar-refractivity contribution in [3.63, 3.8) is 0 Å². The zero-order chi connectivity index (χ0) is 21.1. The fourth-order valence-corrected chi connectivity index (χ4v) is 5.54. The van der Waals surface area contributed by atoms with Crippen molar-refractivity contribution in [2.75, 3.05) is 26.2 Å². The van der Waals surface area contributed by atoms with Crippen molar-refractivity contribution in [3.05, 3.63) is 29.6 Å². The Bertz CT molecular complexity index is 925. The number of alkyl halides is 3. The van der Waals surface area contributed by atoms with Crippen LogP contribution in [0.4, 0.5) is 18.0 Å². The first-order chi connectivity index (χ1) is 14.2. The average Bonchev–Trinajstić information content (AvgIpc) is 3.34. The fraction of sp³-hybridized carbons (Fsp3) is 0.684. The summed E-state index contributed by atoms with van der Waals surface area (Å²) in [6, 6.07) is 0.0534. The standard InChI is InChI=1S/C19H24F3N7O/c1-27-15(19(20,21)22)14(7-25-27)4-12-5-18(6-12)9-29(10-18)17(30)28-3-2-13(8-28)16-23-11-24-26-16/h7,11-13H,2-6,8-10H2,1H3,(H,23,24,26). The average molecular weight is 423 g/mol. The van der Waals surface area contributed by atoms with Crippen molar-refractivity contribution in [3.8, 4) is 0 Å². The monoisotopic (exact) mass is 423 g/mol. The Morgan fingerprint density at radius 3 is 2.73 bits per heavy atom. The highest BCUT2D eigenvalue weighted by Gasteiger charge is 2.54. The van der Waals surface area contributed by atoms with Gasteiger partial charge in [-0.2, -0.15) is 23.4 Å². The van der Waals surface area contributed by atoms with Crippen molar-refractivity contribution in [1.82, 2.24) is 34.8 Å². The highest BCUT2D eigenvalue weighted by atomic mass is 19.4. The van der Waals surface area contributed by atoms with Gasteiger partial charge in [0.1, 0.15) is 17.8 Å². The Kier molecular flexibility index (Phi) is 4.33. The molecule has 11 heteroatoms. The summed E-state index contributed by atoms with van der Waals surface area (Å²) in [4.78, 5) is 20.7. The molecule has 8 nitrogen and oxygen atoms in total. The van der Waals surface area contributed by atoms with Crippen LogP contribution in [0, 0.1) is 11.3 Å². The van der Waals surface area contributed by atoms with Crippen LogP contribution < -0.4 is 0 Å². The molecule has 30 heavy (non-hydrogen) atoms. The Labute approximate surface area is 171 Å². The highest BCUT2D eigenvalue weighted by molar-refractivity contribution is 5.76. The third-order valence-corrected chi connectivity index (χ3v) is 6.84. The molecule has 2 aliphatic heterocycles. The zero-order valence-electron chi connectivity index (χ0n) is 16.7. The maximum absolute atomic E-state index is 13.2. The number of nitrogens with zero attached hydrogens (tertiary/aromatic N) is 6. The van der Waals surface area contributed by atoms with E-state index in [0.29, 0.717) is 32.6 Å². The molecule has 2 aromatic heterocycles. The molecule has 0 aromatic carbocycles. The summed E-state index contributed by atoms with van der Waals surface area (Å²) in [5.41, 5.74) is -0.290. The summed E-state index contributed by atoms with van der Waals surface area (Å²) in [5, 5.41) is 10.6. The summed E-state index contributed by atoms with van der Waals surface area (Å²) in [5.74, 6) is 1.23. The number of carbonyl (C=O) groups excluding carboxylic acids is 1. The predicted molar refractivity (Wildman–Crippen MR) is 99.4 cm³/mol. The first-order valence-corrected chi connectivity index (χ1v) is 10.2. The summed E-state index contributed by atoms with van der Waals surface area (Å²) in [7, 11) is 1.33. The molecule has 1 spiro atoms. The van der Waals surface area contributed by atoms with Crippen LogP contribution in [0.5, 0.6) is 0 Å². The van der Waals surface area contributed by atoms with Gasteiger partial charge in [0.15, 0.2) is 0 Å². The minimum absolute atomic E-state index is 0.0534. The van der Waals surface area contributed by atoms with Crippen LogP contribution in [0.2, 0.25) is 0 Å². The van der Waals surface area contributed by atoms with Crippen LogP contribution in [0.3, 0.4) is 0 Å². The number of hydrogen-bond acceptors (Lipinski definition) is 4. The largest absolute Gasteiger partial charge is 0.433 e. The van der Waals surface area contributed by atoms with Gasteiger partial charge in [-0.25, -0.2) is 9.78 Å². The van der Waals surface area contributed by atoms with Crippen LogP contribution in [0.15, 0.2) is 12.5 Å². The Morgan fingerprint density at radius 2 is 2.07 bits per heavy atom. The zero-order valence-corrected chi connectivity index (χ0v) is 16.7. The molecule has 162 valence electrons. The van der Waals surface area contributed by atoms with Gasteiger partial charge in [-0.3, -0.25) is 9.78 Å². The van der Waals surface area contributed by atoms with Crippen LogP contribution >= 0.6 is 0 Å². The lowest BCUT2D eigenvalue weighted by Gasteiger charge is -2.59. The molecule has 1 N–H and O–H groups in total. The van der Waals surface area contributed by atoms with Gasteiger partial charge in [-0.15, -0.1) is 0 Å². The summed E-state index contributed by atoms with van der Waals surface area (Å²) in [6.45, 7) is 2.74. The number of urea groups is 1. The molecule has 0 radical (unpaired) electrons. The molecule has 3 fully saturated rings. The number of halogens is 3. The third kappa shape index (κ3) is 3.24. The molecule has 0 bridgehead atoms. The molecule has 1 aliphatic carbocycles. The van der Waals surface area contributed by atoms with Gasteiger partial charge in [-0.05, 0) is 31.6 Å². The van der Waals surface area contributed by atoms with E-state index in [1.54, 1.807) is 0 Å². The number of aromatic amines is 1. The van der Waals surface area contributed by atoms with E-state index in [1.807, 2.05) is 9.80 Å². The number of carbonyl (C=O) groups is 1. The number of likely N-dealkylation sites (tertiary alicyclic amines) is 2. The molecule has 2 saturated heterocycles. The van der Waals surface area contributed by atoms with Crippen molar-refractivity contribution in [2.24, 2.45) is 18.4 Å². The minimum atomic E-state index is -4.39. The molecule has 3 aliphatic rings. The first kappa shape index (κ1) is 19.4. The number of rotatable bonds is 3. The van der Waals surface area contributed by atoms with Crippen LogP contribution in [-0.4, -0.2) is 67.0 Å². The molecule has 1 unspecified atom stereocenters. The van der Waals surface area contributed by atoms with E-state index in [-0.39, 0.29) is 28.8 Å². The van der Waals surface area contributed by atoms with E-state index < -0.39 is 11.9 Å². The summed E-state index contributed by atoms with van der Waals surface area (Å²) >= 11 is 0. The van der Waals surface area contributed by atoms with Crippen LogP contribution in [-0.2, 0) is 19.6 Å². The highest BCUT2D eigenvalue weighted by Crippen LogP contribution is 2.53. The SMILES string of the molecule is Cn1ncc(CC2CC3(C2)CN(C(=O)N2CCC(c4ncn[nH]4)C2)C3)c1C(F)(F)F. The second-order valence-corrected chi connectivity index (χ2v) is 9.06. The van der Waals surface area contributed by atoms with Crippen molar-refractivity contribution < 1.29 is 18.0 Å². The number of nitrogens with one attached hydrogen (secondary N) is 1. The Morgan fingerprint density at radius 1 is 1.30 bits per heavy atom. The lowest BCUT2D eigenvalue weighted by molar-refractivity contribution is -0.144. The summed E-state index contributed by atoms with van der Waals surface area (Å²) in [6.07, 6.45) is 1.42. The molecular weight excluding hydrogens is 399 g/mol. The van der Waals surface area contributed by atoms with Crippen molar-refractivity contribution in [2.45, 2.75) is 37.8 Å². The van der Waals surface area contributed by atoms with Gasteiger partial charge < -0.3 is 9.80 Å². The van der Waals surface area contributed by atoms with Crippen LogP contribution in [0.1, 0.15) is 42.3 Å². The van der Waals surface area contributed by atoms with E-state index in [4.69, 9.17) is 0 Å². The molecular formula is C19H24F3N7O. The smallest absolute Gasteiger partial charge is 0.324 e. The second-order valence-electron chi connectivity index (χ2n) is 9.06. The maximum atomic E-state index is 13.2. The van der Waals surface area contributed by atoms with Gasteiger partial charge in [0.2, 0.25) is 0 Å². The topological polar surface area (TPSA) is 82.9 Å². The first-order valence-electron chi connectivity index (χ1n) is 10.2. The van der Waals surface area contributed by atoms with Gasteiger partial charge >= 0.3 is 12.2 Å². The lowest BCUT2D eigenvalue weighted by atomic mass is 9.56. The molecule has 5 rings (SSSR count). The van der Waals surface area contributed by atoms with Crippen molar-refractivity contribution >= 4 is 6.03 Å². The number of aryl methyl sites for hydroxylation is 1. The van der Waals surface area contributed by atoms with Gasteiger partial charge in [0, 0.05) is 50.1 Å². The molecule has 2 aromatic rings. The van der Waals surface area contributed by atoms with Gasteiger partial charge in [0.05, 0.1) is 6.20 Å². The Balaban J connectivity index is 1.12. The fourth-order valence-electron chi connectivity index (χ4n) is 5.54. The van der Waals surface area contributed by atoms with E-state index >= 15 is 0 Å². The molecule has 2 amide bonds. The maximum Gasteiger partial charge on any atom is 0.433 e. The van der Waals surface area contributed by atoms with E-state index in [2.05, 4.69) is 20.3 Å². The van der Waals surface area contributed by atoms with Gasteiger partial charge in [-0.1, -0.05) is 0 Å². The third-order valence-electron chi connectivity index (χ3n) is 6.84. The second kappa shape index (κ2) is 6.71.